The molecule has 0 bridgehead atoms. The summed E-state index contributed by atoms with van der Waals surface area (Å²) in [5.74, 6) is -4.94. The fraction of sp³-hybridized carbons (Fsp3) is 0.429. The Morgan fingerprint density at radius 2 is 1.63 bits per heavy atom. The first-order valence-corrected chi connectivity index (χ1v) is 7.73. The van der Waals surface area contributed by atoms with Gasteiger partial charge in [-0.3, -0.25) is 19.2 Å². The van der Waals surface area contributed by atoms with Gasteiger partial charge in [-0.25, -0.2) is 9.78 Å². The number of primary amides is 2. The first-order chi connectivity index (χ1) is 12.6. The molecule has 13 nitrogen and oxygen atoms in total. The second kappa shape index (κ2) is 9.86. The normalized spacial score (nSPS) is 13.8. The van der Waals surface area contributed by atoms with Crippen LogP contribution in [0, 0.1) is 0 Å². The molecule has 0 saturated heterocycles. The lowest BCUT2D eigenvalue weighted by molar-refractivity contribution is -0.143. The monoisotopic (exact) mass is 383 g/mol. The summed E-state index contributed by atoms with van der Waals surface area (Å²) >= 11 is 0. The van der Waals surface area contributed by atoms with Crippen LogP contribution in [-0.2, 0) is 30.4 Å². The van der Waals surface area contributed by atoms with E-state index in [2.05, 4.69) is 20.6 Å². The van der Waals surface area contributed by atoms with Crippen LogP contribution in [0.1, 0.15) is 18.5 Å². The summed E-state index contributed by atoms with van der Waals surface area (Å²) in [7, 11) is 0. The number of aromatic amines is 1. The van der Waals surface area contributed by atoms with Crippen LogP contribution in [0.2, 0.25) is 0 Å². The van der Waals surface area contributed by atoms with E-state index >= 15 is 0 Å². The number of nitrogens with one attached hydrogen (secondary N) is 3. The van der Waals surface area contributed by atoms with Gasteiger partial charge in [-0.1, -0.05) is 0 Å². The molecule has 0 saturated carbocycles. The Labute approximate surface area is 153 Å². The summed E-state index contributed by atoms with van der Waals surface area (Å²) in [4.78, 5) is 64.0. The van der Waals surface area contributed by atoms with E-state index in [9.17, 15) is 24.0 Å². The molecule has 1 rings (SSSR count). The molecule has 0 radical (unpaired) electrons. The second-order valence-corrected chi connectivity index (χ2v) is 5.69. The average molecular weight is 383 g/mol. The molecule has 0 aliphatic heterocycles. The Hall–Kier alpha value is -3.48. The van der Waals surface area contributed by atoms with Gasteiger partial charge in [0.15, 0.2) is 0 Å². The second-order valence-electron chi connectivity index (χ2n) is 5.69. The van der Waals surface area contributed by atoms with Crippen LogP contribution in [-0.4, -0.2) is 62.8 Å². The predicted molar refractivity (Wildman–Crippen MR) is 89.4 cm³/mol. The molecule has 1 aromatic heterocycles. The molecule has 0 aromatic carbocycles. The van der Waals surface area contributed by atoms with Crippen LogP contribution in [0.3, 0.4) is 0 Å². The molecule has 27 heavy (non-hydrogen) atoms. The van der Waals surface area contributed by atoms with Crippen LogP contribution in [0.5, 0.6) is 0 Å². The molecule has 0 unspecified atom stereocenters. The number of hydrogen-bond acceptors (Lipinski definition) is 7. The molecule has 1 aromatic rings. The number of aromatic nitrogens is 2. The molecule has 148 valence electrons. The van der Waals surface area contributed by atoms with Gasteiger partial charge in [0, 0.05) is 18.3 Å². The number of carboxylic acids is 1. The number of amides is 4. The van der Waals surface area contributed by atoms with Crippen LogP contribution >= 0.6 is 0 Å². The SMILES string of the molecule is NC(=O)C[C@H](NC(=O)[C@H](Cc1cnc[nH]1)NC(=O)[C@@H](N)CC(N)=O)C(=O)O. The maximum Gasteiger partial charge on any atom is 0.326 e. The van der Waals surface area contributed by atoms with Gasteiger partial charge in [0.1, 0.15) is 12.1 Å². The molecule has 10 N–H and O–H groups in total. The highest BCUT2D eigenvalue weighted by molar-refractivity contribution is 5.94. The lowest BCUT2D eigenvalue weighted by atomic mass is 10.1. The highest BCUT2D eigenvalue weighted by Crippen LogP contribution is 2.02. The minimum Gasteiger partial charge on any atom is -0.480 e. The van der Waals surface area contributed by atoms with E-state index in [0.29, 0.717) is 5.69 Å². The predicted octanol–water partition coefficient (Wildman–Crippen LogP) is -3.92. The van der Waals surface area contributed by atoms with Gasteiger partial charge in [0.25, 0.3) is 0 Å². The van der Waals surface area contributed by atoms with Crippen LogP contribution in [0.4, 0.5) is 0 Å². The van der Waals surface area contributed by atoms with Crippen molar-refractivity contribution in [3.8, 4) is 0 Å². The smallest absolute Gasteiger partial charge is 0.326 e. The number of carbonyl (C=O) groups excluding carboxylic acids is 4. The third kappa shape index (κ3) is 7.52. The Kier molecular flexibility index (Phi) is 7.88. The van der Waals surface area contributed by atoms with E-state index in [1.54, 1.807) is 0 Å². The van der Waals surface area contributed by atoms with Crippen molar-refractivity contribution in [1.82, 2.24) is 20.6 Å². The highest BCUT2D eigenvalue weighted by Gasteiger charge is 2.29. The molecule has 0 aliphatic rings. The standard InChI is InChI=1S/C14H21N7O6/c15-7(2-10(16)22)12(24)20-8(1-6-4-18-5-19-6)13(25)21-9(14(26)27)3-11(17)23/h4-5,7-9H,1-3,15H2,(H2,16,22)(H2,17,23)(H,18,19)(H,20,24)(H,21,25)(H,26,27)/t7-,8-,9-/m0/s1. The average Bonchev–Trinajstić information content (AvgIpc) is 3.05. The van der Waals surface area contributed by atoms with Crippen LogP contribution in [0.15, 0.2) is 12.5 Å². The fourth-order valence-corrected chi connectivity index (χ4v) is 2.09. The number of nitrogens with two attached hydrogens (primary N) is 3. The van der Waals surface area contributed by atoms with Crippen molar-refractivity contribution >= 4 is 29.6 Å². The minimum absolute atomic E-state index is 0.0796. The number of nitrogens with zero attached hydrogens (tertiary/aromatic N) is 1. The van der Waals surface area contributed by atoms with Gasteiger partial charge < -0.3 is 37.9 Å². The van der Waals surface area contributed by atoms with Crippen molar-refractivity contribution in [2.75, 3.05) is 0 Å². The van der Waals surface area contributed by atoms with E-state index in [1.807, 2.05) is 0 Å². The Balaban J connectivity index is 2.90. The first kappa shape index (κ1) is 21.6. The maximum absolute atomic E-state index is 12.4. The Morgan fingerprint density at radius 1 is 1.04 bits per heavy atom. The highest BCUT2D eigenvalue weighted by atomic mass is 16.4. The summed E-state index contributed by atoms with van der Waals surface area (Å²) in [5.41, 5.74) is 15.9. The third-order valence-electron chi connectivity index (χ3n) is 3.39. The zero-order chi connectivity index (χ0) is 20.6. The molecule has 0 aliphatic carbocycles. The number of aliphatic carboxylic acids is 1. The molecule has 3 atom stereocenters. The lowest BCUT2D eigenvalue weighted by Gasteiger charge is -2.22. The van der Waals surface area contributed by atoms with Gasteiger partial charge in [-0.2, -0.15) is 0 Å². The largest absolute Gasteiger partial charge is 0.480 e. The van der Waals surface area contributed by atoms with E-state index in [-0.39, 0.29) is 6.42 Å². The summed E-state index contributed by atoms with van der Waals surface area (Å²) in [6, 6.07) is -4.12. The number of rotatable bonds is 11. The number of hydrogen-bond donors (Lipinski definition) is 7. The fourth-order valence-electron chi connectivity index (χ4n) is 2.09. The van der Waals surface area contributed by atoms with E-state index in [0.717, 1.165) is 0 Å². The van der Waals surface area contributed by atoms with E-state index in [1.165, 1.54) is 12.5 Å². The lowest BCUT2D eigenvalue weighted by Crippen LogP contribution is -2.56. The van der Waals surface area contributed by atoms with Gasteiger partial charge in [-0.15, -0.1) is 0 Å². The summed E-state index contributed by atoms with van der Waals surface area (Å²) in [6.45, 7) is 0. The number of imidazole rings is 1. The maximum atomic E-state index is 12.4. The van der Waals surface area contributed by atoms with Crippen molar-refractivity contribution in [1.29, 1.82) is 0 Å². The minimum atomic E-state index is -1.57. The van der Waals surface area contributed by atoms with Gasteiger partial charge in [0.05, 0.1) is 25.2 Å². The molecular formula is C14H21N7O6. The molecule has 4 amide bonds. The molecular weight excluding hydrogens is 362 g/mol. The van der Waals surface area contributed by atoms with Crippen molar-refractivity contribution in [3.05, 3.63) is 18.2 Å². The van der Waals surface area contributed by atoms with E-state index in [4.69, 9.17) is 22.3 Å². The number of H-pyrrole nitrogens is 1. The van der Waals surface area contributed by atoms with Crippen molar-refractivity contribution in [2.24, 2.45) is 17.2 Å². The van der Waals surface area contributed by atoms with Crippen molar-refractivity contribution in [3.63, 3.8) is 0 Å². The van der Waals surface area contributed by atoms with Crippen LogP contribution < -0.4 is 27.8 Å². The summed E-state index contributed by atoms with van der Waals surface area (Å²) < 4.78 is 0. The van der Waals surface area contributed by atoms with Crippen molar-refractivity contribution in [2.45, 2.75) is 37.4 Å². The van der Waals surface area contributed by atoms with E-state index < -0.39 is 60.6 Å². The Morgan fingerprint density at radius 3 is 2.11 bits per heavy atom. The first-order valence-electron chi connectivity index (χ1n) is 7.73. The van der Waals surface area contributed by atoms with Gasteiger partial charge >= 0.3 is 5.97 Å². The van der Waals surface area contributed by atoms with Gasteiger partial charge in [-0.05, 0) is 0 Å². The number of carbonyl (C=O) groups is 5. The zero-order valence-electron chi connectivity index (χ0n) is 14.2. The summed E-state index contributed by atoms with van der Waals surface area (Å²) in [6.07, 6.45) is 1.59. The topological polar surface area (TPSA) is 236 Å². The van der Waals surface area contributed by atoms with Crippen LogP contribution in [0.25, 0.3) is 0 Å². The molecule has 0 spiro atoms. The molecule has 13 heteroatoms. The molecule has 0 fully saturated rings. The third-order valence-corrected chi connectivity index (χ3v) is 3.39. The summed E-state index contributed by atoms with van der Waals surface area (Å²) in [5, 5.41) is 13.5. The molecule has 1 heterocycles. The van der Waals surface area contributed by atoms with Gasteiger partial charge in [0.2, 0.25) is 23.6 Å². The van der Waals surface area contributed by atoms with Crippen molar-refractivity contribution < 1.29 is 29.1 Å². The Bertz CT molecular complexity index is 705. The zero-order valence-corrected chi connectivity index (χ0v) is 14.2. The quantitative estimate of drug-likeness (QED) is 0.199. The number of carboxylic acid groups (broad SMARTS) is 1.